The maximum absolute atomic E-state index is 10.6. The molecule has 2 nitrogen and oxygen atoms in total. The van der Waals surface area contributed by atoms with Gasteiger partial charge in [0, 0.05) is 0 Å². The van der Waals surface area contributed by atoms with E-state index in [0.717, 1.165) is 12.1 Å². The Labute approximate surface area is 78.8 Å². The summed E-state index contributed by atoms with van der Waals surface area (Å²) in [5.74, 6) is 0. The van der Waals surface area contributed by atoms with Crippen molar-refractivity contribution >= 4 is 29.9 Å². The number of carbonyl (C=O) groups is 2. The first-order valence-electron chi connectivity index (χ1n) is 4.62. The largest absolute Gasteiger partial charge is 0.307 e. The van der Waals surface area contributed by atoms with E-state index in [4.69, 9.17) is 0 Å². The Morgan fingerprint density at radius 2 is 1.25 bits per heavy atom. The molecule has 12 heavy (non-hydrogen) atoms. The van der Waals surface area contributed by atoms with Crippen molar-refractivity contribution < 1.29 is 9.59 Å². The molecule has 0 aromatic carbocycles. The van der Waals surface area contributed by atoms with Gasteiger partial charge in [-0.15, -0.1) is 0 Å². The molecular formula is C8H18O2Si2. The van der Waals surface area contributed by atoms with Crippen LogP contribution in [0.4, 0.5) is 0 Å². The van der Waals surface area contributed by atoms with Crippen molar-refractivity contribution in [2.24, 2.45) is 0 Å². The van der Waals surface area contributed by atoms with Crippen molar-refractivity contribution in [3.05, 3.63) is 0 Å². The molecule has 0 heterocycles. The van der Waals surface area contributed by atoms with Crippen molar-refractivity contribution in [2.45, 2.75) is 38.8 Å². The molecule has 0 aliphatic carbocycles. The molecule has 0 aliphatic heterocycles. The lowest BCUT2D eigenvalue weighted by atomic mass is 10.4. The minimum atomic E-state index is -0.410. The molecule has 0 amide bonds. The molecule has 0 saturated carbocycles. The van der Waals surface area contributed by atoms with Gasteiger partial charge in [-0.3, -0.25) is 0 Å². The third kappa shape index (κ3) is 9.77. The van der Waals surface area contributed by atoms with E-state index in [1.54, 1.807) is 13.8 Å². The highest BCUT2D eigenvalue weighted by molar-refractivity contribution is 6.73. The standard InChI is InChI=1S/C8H18O2Si2/c1-7(9)11-5-3-4-6-12-8(2)10/h3-6,11-12H2,1-2H3. The van der Waals surface area contributed by atoms with Crippen LogP contribution in [0.5, 0.6) is 0 Å². The Bertz CT molecular complexity index is 139. The molecule has 0 atom stereocenters. The van der Waals surface area contributed by atoms with Crippen molar-refractivity contribution in [3.8, 4) is 0 Å². The fourth-order valence-corrected chi connectivity index (χ4v) is 3.30. The number of rotatable bonds is 7. The lowest BCUT2D eigenvalue weighted by Gasteiger charge is -1.96. The molecule has 0 unspecified atom stereocenters. The van der Waals surface area contributed by atoms with Gasteiger partial charge in [-0.1, -0.05) is 24.9 Å². The van der Waals surface area contributed by atoms with E-state index in [-0.39, 0.29) is 0 Å². The van der Waals surface area contributed by atoms with Gasteiger partial charge in [0.2, 0.25) is 0 Å². The van der Waals surface area contributed by atoms with Crippen molar-refractivity contribution in [3.63, 3.8) is 0 Å². The zero-order chi connectivity index (χ0) is 9.40. The molecular weight excluding hydrogens is 184 g/mol. The van der Waals surface area contributed by atoms with E-state index >= 15 is 0 Å². The fraction of sp³-hybridized carbons (Fsp3) is 0.750. The van der Waals surface area contributed by atoms with E-state index in [0.29, 0.717) is 10.8 Å². The van der Waals surface area contributed by atoms with Crippen LogP contribution in [-0.2, 0) is 9.59 Å². The molecule has 0 fully saturated rings. The molecule has 0 rings (SSSR count). The highest BCUT2D eigenvalue weighted by Gasteiger charge is 1.97. The summed E-state index contributed by atoms with van der Waals surface area (Å²) in [6, 6.07) is 2.28. The summed E-state index contributed by atoms with van der Waals surface area (Å²) in [6.45, 7) is 3.38. The molecule has 0 radical (unpaired) electrons. The summed E-state index contributed by atoms with van der Waals surface area (Å²) in [6.07, 6.45) is 2.35. The molecule has 0 bridgehead atoms. The summed E-state index contributed by atoms with van der Waals surface area (Å²) < 4.78 is 0. The van der Waals surface area contributed by atoms with E-state index < -0.39 is 19.0 Å². The molecule has 0 aromatic heterocycles. The van der Waals surface area contributed by atoms with Crippen LogP contribution in [0.15, 0.2) is 0 Å². The van der Waals surface area contributed by atoms with Crippen molar-refractivity contribution in [1.29, 1.82) is 0 Å². The average molecular weight is 202 g/mol. The first-order valence-corrected chi connectivity index (χ1v) is 8.03. The molecule has 0 aliphatic rings. The Balaban J connectivity index is 3.01. The van der Waals surface area contributed by atoms with Crippen molar-refractivity contribution in [2.75, 3.05) is 0 Å². The quantitative estimate of drug-likeness (QED) is 0.431. The fourth-order valence-electron chi connectivity index (χ4n) is 1.10. The van der Waals surface area contributed by atoms with E-state index in [1.807, 2.05) is 0 Å². The van der Waals surface area contributed by atoms with Gasteiger partial charge in [-0.05, 0) is 13.8 Å². The summed E-state index contributed by atoms with van der Waals surface area (Å²) in [4.78, 5) is 21.2. The number of unbranched alkanes of at least 4 members (excludes halogenated alkanes) is 1. The summed E-state index contributed by atoms with van der Waals surface area (Å²) >= 11 is 0. The molecule has 0 aromatic rings. The maximum atomic E-state index is 10.6. The second-order valence-corrected chi connectivity index (χ2v) is 7.72. The topological polar surface area (TPSA) is 34.1 Å². The van der Waals surface area contributed by atoms with Crippen LogP contribution in [0, 0.1) is 0 Å². The van der Waals surface area contributed by atoms with Gasteiger partial charge in [-0.25, -0.2) is 0 Å². The Morgan fingerprint density at radius 1 is 0.917 bits per heavy atom. The molecule has 0 spiro atoms. The van der Waals surface area contributed by atoms with Crippen LogP contribution in [0.25, 0.3) is 0 Å². The van der Waals surface area contributed by atoms with Crippen LogP contribution in [0.3, 0.4) is 0 Å². The monoisotopic (exact) mass is 202 g/mol. The summed E-state index contributed by atoms with van der Waals surface area (Å²) in [5, 5.41) is 0.831. The van der Waals surface area contributed by atoms with Gasteiger partial charge in [0.1, 0.15) is 29.9 Å². The zero-order valence-electron chi connectivity index (χ0n) is 8.06. The minimum absolute atomic E-state index is 0.410. The Kier molecular flexibility index (Phi) is 7.28. The third-order valence-corrected chi connectivity index (χ3v) is 4.92. The first-order chi connectivity index (χ1) is 5.63. The number of carbonyl (C=O) groups excluding carboxylic acids is 2. The van der Waals surface area contributed by atoms with Gasteiger partial charge in [0.05, 0.1) is 0 Å². The SMILES string of the molecule is CC(=O)[SiH2]CCCC[SiH2]C(C)=O. The predicted octanol–water partition coefficient (Wildman–Crippen LogP) is 0.0338. The molecule has 0 saturated heterocycles. The molecule has 0 N–H and O–H groups in total. The van der Waals surface area contributed by atoms with Crippen LogP contribution < -0.4 is 0 Å². The second kappa shape index (κ2) is 7.42. The Hall–Kier alpha value is -0.226. The van der Waals surface area contributed by atoms with Crippen molar-refractivity contribution in [1.82, 2.24) is 0 Å². The lowest BCUT2D eigenvalue weighted by molar-refractivity contribution is -0.111. The smallest absolute Gasteiger partial charge is 0.101 e. The van der Waals surface area contributed by atoms with Gasteiger partial charge in [0.15, 0.2) is 0 Å². The first kappa shape index (κ1) is 11.8. The molecule has 70 valence electrons. The second-order valence-electron chi connectivity index (χ2n) is 3.32. The van der Waals surface area contributed by atoms with E-state index in [1.165, 1.54) is 12.8 Å². The van der Waals surface area contributed by atoms with Gasteiger partial charge in [-0.2, -0.15) is 0 Å². The minimum Gasteiger partial charge on any atom is -0.307 e. The van der Waals surface area contributed by atoms with Gasteiger partial charge in [0.25, 0.3) is 0 Å². The van der Waals surface area contributed by atoms with Crippen LogP contribution in [0.1, 0.15) is 26.7 Å². The molecule has 4 heteroatoms. The van der Waals surface area contributed by atoms with Crippen LogP contribution in [0.2, 0.25) is 12.1 Å². The zero-order valence-corrected chi connectivity index (χ0v) is 10.9. The normalized spacial score (nSPS) is 11.8. The average Bonchev–Trinajstić information content (AvgIpc) is 1.95. The Morgan fingerprint density at radius 3 is 1.50 bits per heavy atom. The van der Waals surface area contributed by atoms with Gasteiger partial charge >= 0.3 is 0 Å². The summed E-state index contributed by atoms with van der Waals surface area (Å²) in [5.41, 5.74) is 0. The van der Waals surface area contributed by atoms with E-state index in [2.05, 4.69) is 0 Å². The number of hydrogen-bond donors (Lipinski definition) is 0. The summed E-state index contributed by atoms with van der Waals surface area (Å²) in [7, 11) is -0.819. The lowest BCUT2D eigenvalue weighted by Crippen LogP contribution is -2.04. The van der Waals surface area contributed by atoms with Crippen LogP contribution in [-0.4, -0.2) is 29.9 Å². The maximum Gasteiger partial charge on any atom is 0.101 e. The third-order valence-electron chi connectivity index (χ3n) is 1.81. The van der Waals surface area contributed by atoms with Gasteiger partial charge < -0.3 is 9.59 Å². The van der Waals surface area contributed by atoms with E-state index in [9.17, 15) is 9.59 Å². The van der Waals surface area contributed by atoms with Crippen LogP contribution >= 0.6 is 0 Å². The highest BCUT2D eigenvalue weighted by Crippen LogP contribution is 1.99. The highest BCUT2D eigenvalue weighted by atomic mass is 28.2. The predicted molar refractivity (Wildman–Crippen MR) is 57.3 cm³/mol. The number of hydrogen-bond acceptors (Lipinski definition) is 2.